The zero-order valence-electron chi connectivity index (χ0n) is 14.0. The summed E-state index contributed by atoms with van der Waals surface area (Å²) < 4.78 is 26.9. The van der Waals surface area contributed by atoms with Gasteiger partial charge in [-0.1, -0.05) is 12.1 Å². The van der Waals surface area contributed by atoms with Crippen LogP contribution in [0, 0.1) is 17.0 Å². The van der Waals surface area contributed by atoms with E-state index in [2.05, 4.69) is 10.4 Å². The van der Waals surface area contributed by atoms with Gasteiger partial charge in [0.15, 0.2) is 0 Å². The Labute approximate surface area is 145 Å². The van der Waals surface area contributed by atoms with E-state index in [-0.39, 0.29) is 11.4 Å². The molecule has 1 N–H and O–H groups in total. The van der Waals surface area contributed by atoms with Gasteiger partial charge in [-0.15, -0.1) is 0 Å². The quantitative estimate of drug-likeness (QED) is 0.639. The van der Waals surface area contributed by atoms with E-state index in [9.17, 15) is 18.5 Å². The van der Waals surface area contributed by atoms with E-state index < -0.39 is 14.9 Å². The maximum absolute atomic E-state index is 12.0. The number of aryl methyl sites for hydroxylation is 2. The fourth-order valence-corrected chi connectivity index (χ4v) is 4.56. The van der Waals surface area contributed by atoms with Crippen LogP contribution in [-0.2, 0) is 23.6 Å². The predicted octanol–water partition coefficient (Wildman–Crippen LogP) is 1.79. The molecule has 1 aliphatic rings. The molecule has 0 saturated carbocycles. The monoisotopic (exact) mass is 365 g/mol. The van der Waals surface area contributed by atoms with Gasteiger partial charge >= 0.3 is 5.69 Å². The molecule has 0 spiro atoms. The molecular formula is C15H19N5O4S. The van der Waals surface area contributed by atoms with Crippen LogP contribution in [0.4, 0.5) is 17.2 Å². The van der Waals surface area contributed by atoms with Gasteiger partial charge in [0, 0.05) is 20.1 Å². The van der Waals surface area contributed by atoms with E-state index >= 15 is 0 Å². The standard InChI is InChI=1S/C15H19N5O4S/c1-11-14(20(21)22)15(18(2)17-11)16-10-12-5-3-6-13(9-12)19-7-4-8-25(19,23)24/h3,5-6,9,16H,4,7-8,10H2,1-2H3. The van der Waals surface area contributed by atoms with Crippen LogP contribution in [0.3, 0.4) is 0 Å². The molecule has 0 bridgehead atoms. The Bertz CT molecular complexity index is 922. The van der Waals surface area contributed by atoms with Gasteiger partial charge in [0.2, 0.25) is 15.8 Å². The molecule has 3 rings (SSSR count). The maximum atomic E-state index is 12.0. The molecule has 25 heavy (non-hydrogen) atoms. The van der Waals surface area contributed by atoms with Gasteiger partial charge in [0.25, 0.3) is 0 Å². The Morgan fingerprint density at radius 2 is 2.16 bits per heavy atom. The lowest BCUT2D eigenvalue weighted by Gasteiger charge is -2.17. The molecule has 0 unspecified atom stereocenters. The highest BCUT2D eigenvalue weighted by Gasteiger charge is 2.28. The van der Waals surface area contributed by atoms with Crippen molar-refractivity contribution in [2.45, 2.75) is 19.9 Å². The van der Waals surface area contributed by atoms with Crippen LogP contribution in [0.25, 0.3) is 0 Å². The van der Waals surface area contributed by atoms with Gasteiger partial charge in [-0.05, 0) is 31.0 Å². The van der Waals surface area contributed by atoms with Gasteiger partial charge in [-0.3, -0.25) is 14.4 Å². The van der Waals surface area contributed by atoms with Crippen molar-refractivity contribution in [2.24, 2.45) is 7.05 Å². The number of sulfonamides is 1. The first-order valence-corrected chi connectivity index (χ1v) is 9.42. The lowest BCUT2D eigenvalue weighted by molar-refractivity contribution is -0.384. The molecule has 2 heterocycles. The summed E-state index contributed by atoms with van der Waals surface area (Å²) in [5, 5.41) is 18.3. The first-order chi connectivity index (χ1) is 11.8. The first kappa shape index (κ1) is 17.2. The van der Waals surface area contributed by atoms with Crippen molar-refractivity contribution < 1.29 is 13.3 Å². The topological polar surface area (TPSA) is 110 Å². The van der Waals surface area contributed by atoms with Gasteiger partial charge < -0.3 is 5.32 Å². The zero-order valence-corrected chi connectivity index (χ0v) is 14.8. The number of hydrogen-bond donors (Lipinski definition) is 1. The van der Waals surface area contributed by atoms with Gasteiger partial charge in [0.05, 0.1) is 16.4 Å². The number of aromatic nitrogens is 2. The zero-order chi connectivity index (χ0) is 18.2. The molecule has 0 atom stereocenters. The van der Waals surface area contributed by atoms with Crippen LogP contribution in [-0.4, -0.2) is 35.4 Å². The van der Waals surface area contributed by atoms with Crippen LogP contribution in [0.2, 0.25) is 0 Å². The van der Waals surface area contributed by atoms with Crippen LogP contribution < -0.4 is 9.62 Å². The van der Waals surface area contributed by atoms with Crippen molar-refractivity contribution in [1.29, 1.82) is 0 Å². The van der Waals surface area contributed by atoms with Crippen LogP contribution in [0.1, 0.15) is 17.7 Å². The SMILES string of the molecule is Cc1nn(C)c(NCc2cccc(N3CCCS3(=O)=O)c2)c1[N+](=O)[O-]. The number of anilines is 2. The molecule has 1 aromatic carbocycles. The third kappa shape index (κ3) is 3.29. The van der Waals surface area contributed by atoms with Crippen molar-refractivity contribution >= 4 is 27.2 Å². The minimum absolute atomic E-state index is 0.0548. The summed E-state index contributed by atoms with van der Waals surface area (Å²) in [6.45, 7) is 2.38. The van der Waals surface area contributed by atoms with Crippen molar-refractivity contribution in [2.75, 3.05) is 21.9 Å². The van der Waals surface area contributed by atoms with Crippen molar-refractivity contribution in [1.82, 2.24) is 9.78 Å². The molecule has 0 aliphatic carbocycles. The fourth-order valence-electron chi connectivity index (χ4n) is 3.00. The second-order valence-electron chi connectivity index (χ2n) is 5.93. The van der Waals surface area contributed by atoms with Crippen molar-refractivity contribution in [3.05, 3.63) is 45.6 Å². The Balaban J connectivity index is 1.82. The number of benzene rings is 1. The Morgan fingerprint density at radius 3 is 2.80 bits per heavy atom. The highest BCUT2D eigenvalue weighted by atomic mass is 32.2. The average Bonchev–Trinajstić information content (AvgIpc) is 3.03. The maximum Gasteiger partial charge on any atom is 0.333 e. The number of nitrogens with zero attached hydrogens (tertiary/aromatic N) is 4. The van der Waals surface area contributed by atoms with E-state index in [0.29, 0.717) is 36.7 Å². The van der Waals surface area contributed by atoms with Gasteiger partial charge in [-0.2, -0.15) is 5.10 Å². The summed E-state index contributed by atoms with van der Waals surface area (Å²) >= 11 is 0. The largest absolute Gasteiger partial charge is 0.360 e. The molecule has 9 nitrogen and oxygen atoms in total. The van der Waals surface area contributed by atoms with Crippen LogP contribution in [0.5, 0.6) is 0 Å². The summed E-state index contributed by atoms with van der Waals surface area (Å²) in [6.07, 6.45) is 0.616. The minimum Gasteiger partial charge on any atom is -0.360 e. The second-order valence-corrected chi connectivity index (χ2v) is 7.94. The average molecular weight is 365 g/mol. The highest BCUT2D eigenvalue weighted by molar-refractivity contribution is 7.93. The number of nitro groups is 1. The molecule has 1 aromatic heterocycles. The Kier molecular flexibility index (Phi) is 4.38. The number of rotatable bonds is 5. The third-order valence-electron chi connectivity index (χ3n) is 4.13. The predicted molar refractivity (Wildman–Crippen MR) is 94.1 cm³/mol. The summed E-state index contributed by atoms with van der Waals surface area (Å²) in [5.41, 5.74) is 1.73. The van der Waals surface area contributed by atoms with E-state index in [0.717, 1.165) is 5.56 Å². The Morgan fingerprint density at radius 1 is 1.40 bits per heavy atom. The van der Waals surface area contributed by atoms with E-state index in [1.807, 2.05) is 6.07 Å². The van der Waals surface area contributed by atoms with E-state index in [4.69, 9.17) is 0 Å². The summed E-state index contributed by atoms with van der Waals surface area (Å²) in [4.78, 5) is 10.7. The molecule has 1 fully saturated rings. The molecule has 1 aliphatic heterocycles. The van der Waals surface area contributed by atoms with Crippen molar-refractivity contribution in [3.8, 4) is 0 Å². The first-order valence-electron chi connectivity index (χ1n) is 7.81. The molecule has 134 valence electrons. The lowest BCUT2D eigenvalue weighted by Crippen LogP contribution is -2.25. The lowest BCUT2D eigenvalue weighted by atomic mass is 10.2. The van der Waals surface area contributed by atoms with Gasteiger partial charge in [-0.25, -0.2) is 13.1 Å². The molecule has 10 heteroatoms. The minimum atomic E-state index is -3.24. The number of hydrogen-bond acceptors (Lipinski definition) is 6. The smallest absolute Gasteiger partial charge is 0.333 e. The normalized spacial score (nSPS) is 16.2. The Hall–Kier alpha value is -2.62. The number of nitrogens with one attached hydrogen (secondary N) is 1. The molecular weight excluding hydrogens is 346 g/mol. The van der Waals surface area contributed by atoms with Crippen LogP contribution in [0.15, 0.2) is 24.3 Å². The van der Waals surface area contributed by atoms with E-state index in [1.54, 1.807) is 32.2 Å². The molecule has 0 amide bonds. The molecule has 0 radical (unpaired) electrons. The van der Waals surface area contributed by atoms with Gasteiger partial charge in [0.1, 0.15) is 5.69 Å². The van der Waals surface area contributed by atoms with Crippen LogP contribution >= 0.6 is 0 Å². The second kappa shape index (κ2) is 6.36. The summed E-state index contributed by atoms with van der Waals surface area (Å²) in [7, 11) is -1.60. The van der Waals surface area contributed by atoms with Crippen molar-refractivity contribution in [3.63, 3.8) is 0 Å². The summed E-state index contributed by atoms with van der Waals surface area (Å²) in [6, 6.07) is 7.16. The molecule has 2 aromatic rings. The fraction of sp³-hybridized carbons (Fsp3) is 0.400. The van der Waals surface area contributed by atoms with E-state index in [1.165, 1.54) is 8.99 Å². The summed E-state index contributed by atoms with van der Waals surface area (Å²) in [5.74, 6) is 0.484. The molecule has 1 saturated heterocycles. The third-order valence-corrected chi connectivity index (χ3v) is 6.00. The highest BCUT2D eigenvalue weighted by Crippen LogP contribution is 2.29.